The number of thiazole rings is 1. The van der Waals surface area contributed by atoms with Gasteiger partial charge in [-0.05, 0) is 32.6 Å². The van der Waals surface area contributed by atoms with Crippen LogP contribution in [0.4, 0.5) is 0 Å². The molecule has 2 rings (SSSR count). The third-order valence-corrected chi connectivity index (χ3v) is 4.60. The highest BCUT2D eigenvalue weighted by atomic mass is 32.1. The Labute approximate surface area is 124 Å². The molecule has 1 fully saturated rings. The zero-order valence-electron chi connectivity index (χ0n) is 12.3. The summed E-state index contributed by atoms with van der Waals surface area (Å²) >= 11 is 1.56. The molecule has 1 saturated carbocycles. The van der Waals surface area contributed by atoms with Gasteiger partial charge in [-0.25, -0.2) is 9.78 Å². The number of carbonyl (C=O) groups excluding carboxylic acids is 1. The summed E-state index contributed by atoms with van der Waals surface area (Å²) in [6.45, 7) is 5.23. The lowest BCUT2D eigenvalue weighted by atomic mass is 10.1. The Morgan fingerprint density at radius 2 is 2.30 bits per heavy atom. The summed E-state index contributed by atoms with van der Waals surface area (Å²) in [7, 11) is 0. The van der Waals surface area contributed by atoms with Crippen LogP contribution in [0.5, 0.6) is 0 Å². The van der Waals surface area contributed by atoms with Crippen molar-refractivity contribution in [2.24, 2.45) is 0 Å². The number of aromatic nitrogens is 1. The molecule has 2 atom stereocenters. The summed E-state index contributed by atoms with van der Waals surface area (Å²) in [5.74, 6) is 0.124. The summed E-state index contributed by atoms with van der Waals surface area (Å²) in [6.07, 6.45) is 5.90. The fraction of sp³-hybridized carbons (Fsp3) is 0.733. The molecule has 112 valence electrons. The van der Waals surface area contributed by atoms with Crippen molar-refractivity contribution in [1.29, 1.82) is 0 Å². The van der Waals surface area contributed by atoms with Crippen molar-refractivity contribution in [3.63, 3.8) is 0 Å². The minimum absolute atomic E-state index is 0.316. The van der Waals surface area contributed by atoms with Crippen LogP contribution in [0.3, 0.4) is 0 Å². The minimum atomic E-state index is -0.316. The summed E-state index contributed by atoms with van der Waals surface area (Å²) in [5.41, 5.74) is 0.446. The van der Waals surface area contributed by atoms with Gasteiger partial charge in [-0.2, -0.15) is 0 Å². The molecule has 0 saturated heterocycles. The van der Waals surface area contributed by atoms with Gasteiger partial charge in [0.15, 0.2) is 5.69 Å². The molecule has 0 radical (unpaired) electrons. The maximum Gasteiger partial charge on any atom is 0.357 e. The van der Waals surface area contributed by atoms with E-state index in [0.29, 0.717) is 24.3 Å². The van der Waals surface area contributed by atoms with Crippen molar-refractivity contribution in [2.75, 3.05) is 13.2 Å². The van der Waals surface area contributed by atoms with Crippen LogP contribution in [0.25, 0.3) is 0 Å². The van der Waals surface area contributed by atoms with E-state index in [-0.39, 0.29) is 5.97 Å². The largest absolute Gasteiger partial charge is 0.461 e. The van der Waals surface area contributed by atoms with Gasteiger partial charge < -0.3 is 9.47 Å². The quantitative estimate of drug-likeness (QED) is 0.568. The number of nitrogens with zero attached hydrogens (tertiary/aromatic N) is 1. The standard InChI is InChI=1S/C15H23NO3S/c1-3-5-8-19-12-7-6-11(9-12)14-16-13(10-20-14)15(17)18-4-2/h10-12H,3-9H2,1-2H3/t11-,12-/m0/s1. The van der Waals surface area contributed by atoms with Crippen LogP contribution in [-0.4, -0.2) is 30.3 Å². The fourth-order valence-corrected chi connectivity index (χ4v) is 3.42. The van der Waals surface area contributed by atoms with Crippen molar-refractivity contribution in [3.8, 4) is 0 Å². The van der Waals surface area contributed by atoms with Gasteiger partial charge in [0.25, 0.3) is 0 Å². The van der Waals surface area contributed by atoms with Gasteiger partial charge >= 0.3 is 5.97 Å². The second-order valence-electron chi connectivity index (χ2n) is 5.15. The van der Waals surface area contributed by atoms with E-state index >= 15 is 0 Å². The monoisotopic (exact) mass is 297 g/mol. The number of unbranched alkanes of at least 4 members (excludes halogenated alkanes) is 1. The van der Waals surface area contributed by atoms with Gasteiger partial charge in [0.1, 0.15) is 0 Å². The second-order valence-corrected chi connectivity index (χ2v) is 6.04. The van der Waals surface area contributed by atoms with E-state index < -0.39 is 0 Å². The van der Waals surface area contributed by atoms with Crippen molar-refractivity contribution in [2.45, 2.75) is 58.0 Å². The third kappa shape index (κ3) is 4.03. The van der Waals surface area contributed by atoms with Crippen molar-refractivity contribution in [3.05, 3.63) is 16.1 Å². The smallest absolute Gasteiger partial charge is 0.357 e. The highest BCUT2D eigenvalue weighted by molar-refractivity contribution is 7.09. The van der Waals surface area contributed by atoms with E-state index in [9.17, 15) is 4.79 Å². The molecule has 5 heteroatoms. The molecule has 0 amide bonds. The second kappa shape index (κ2) is 7.74. The molecule has 1 aromatic heterocycles. The van der Waals surface area contributed by atoms with E-state index in [2.05, 4.69) is 11.9 Å². The SMILES string of the molecule is CCCCO[C@H]1CC[C@H](c2nc(C(=O)OCC)cs2)C1. The number of hydrogen-bond acceptors (Lipinski definition) is 5. The van der Waals surface area contributed by atoms with Gasteiger partial charge in [-0.3, -0.25) is 0 Å². The summed E-state index contributed by atoms with van der Waals surface area (Å²) in [5, 5.41) is 2.85. The van der Waals surface area contributed by atoms with E-state index in [0.717, 1.165) is 37.3 Å². The number of carbonyl (C=O) groups is 1. The van der Waals surface area contributed by atoms with Gasteiger partial charge in [-0.15, -0.1) is 11.3 Å². The Morgan fingerprint density at radius 3 is 3.05 bits per heavy atom. The van der Waals surface area contributed by atoms with Crippen LogP contribution in [0.2, 0.25) is 0 Å². The van der Waals surface area contributed by atoms with Crippen LogP contribution in [0.15, 0.2) is 5.38 Å². The number of rotatable bonds is 7. The van der Waals surface area contributed by atoms with Crippen LogP contribution in [0.1, 0.15) is 67.4 Å². The molecule has 1 aromatic rings. The Balaban J connectivity index is 1.85. The molecule has 1 aliphatic rings. The minimum Gasteiger partial charge on any atom is -0.461 e. The van der Waals surface area contributed by atoms with Crippen LogP contribution in [-0.2, 0) is 9.47 Å². The zero-order valence-corrected chi connectivity index (χ0v) is 13.1. The lowest BCUT2D eigenvalue weighted by molar-refractivity contribution is 0.0520. The molecule has 1 aliphatic carbocycles. The van der Waals surface area contributed by atoms with Crippen molar-refractivity contribution >= 4 is 17.3 Å². The highest BCUT2D eigenvalue weighted by Gasteiger charge is 2.29. The molecule has 0 bridgehead atoms. The Morgan fingerprint density at radius 1 is 1.45 bits per heavy atom. The van der Waals surface area contributed by atoms with Crippen molar-refractivity contribution < 1.29 is 14.3 Å². The van der Waals surface area contributed by atoms with E-state index in [4.69, 9.17) is 9.47 Å². The number of esters is 1. The molecule has 0 spiro atoms. The molecule has 4 nitrogen and oxygen atoms in total. The lowest BCUT2D eigenvalue weighted by Crippen LogP contribution is -2.09. The van der Waals surface area contributed by atoms with Gasteiger partial charge in [0, 0.05) is 17.9 Å². The molecule has 0 aliphatic heterocycles. The number of ether oxygens (including phenoxy) is 2. The first-order valence-electron chi connectivity index (χ1n) is 7.48. The molecule has 0 aromatic carbocycles. The predicted molar refractivity (Wildman–Crippen MR) is 79.3 cm³/mol. The molecule has 0 N–H and O–H groups in total. The maximum absolute atomic E-state index is 11.6. The normalized spacial score (nSPS) is 22.1. The molecular weight excluding hydrogens is 274 g/mol. The molecule has 20 heavy (non-hydrogen) atoms. The Hall–Kier alpha value is -0.940. The molecule has 1 heterocycles. The van der Waals surface area contributed by atoms with Crippen LogP contribution in [0, 0.1) is 0 Å². The molecular formula is C15H23NO3S. The average molecular weight is 297 g/mol. The molecule has 0 unspecified atom stereocenters. The Kier molecular flexibility index (Phi) is 5.98. The number of hydrogen-bond donors (Lipinski definition) is 0. The maximum atomic E-state index is 11.6. The van der Waals surface area contributed by atoms with E-state index in [1.54, 1.807) is 23.6 Å². The topological polar surface area (TPSA) is 48.4 Å². The summed E-state index contributed by atoms with van der Waals surface area (Å²) < 4.78 is 10.8. The zero-order chi connectivity index (χ0) is 14.4. The highest BCUT2D eigenvalue weighted by Crippen LogP contribution is 2.37. The van der Waals surface area contributed by atoms with Crippen LogP contribution < -0.4 is 0 Å². The average Bonchev–Trinajstić information content (AvgIpc) is 3.08. The predicted octanol–water partition coefficient (Wildman–Crippen LogP) is 3.77. The summed E-state index contributed by atoms with van der Waals surface area (Å²) in [4.78, 5) is 16.0. The van der Waals surface area contributed by atoms with E-state index in [1.165, 1.54) is 6.42 Å². The first kappa shape index (κ1) is 15.4. The van der Waals surface area contributed by atoms with Gasteiger partial charge in [0.2, 0.25) is 0 Å². The Bertz CT molecular complexity index is 433. The first-order valence-corrected chi connectivity index (χ1v) is 8.36. The van der Waals surface area contributed by atoms with Crippen LogP contribution >= 0.6 is 11.3 Å². The van der Waals surface area contributed by atoms with Gasteiger partial charge in [0.05, 0.1) is 17.7 Å². The third-order valence-electron chi connectivity index (χ3n) is 3.59. The fourth-order valence-electron chi connectivity index (χ4n) is 2.48. The summed E-state index contributed by atoms with van der Waals surface area (Å²) in [6, 6.07) is 0. The van der Waals surface area contributed by atoms with E-state index in [1.807, 2.05) is 0 Å². The lowest BCUT2D eigenvalue weighted by Gasteiger charge is -2.11. The van der Waals surface area contributed by atoms with Gasteiger partial charge in [-0.1, -0.05) is 13.3 Å². The van der Waals surface area contributed by atoms with Crippen molar-refractivity contribution in [1.82, 2.24) is 4.98 Å². The first-order chi connectivity index (χ1) is 9.74.